The van der Waals surface area contributed by atoms with Gasteiger partial charge in [0.05, 0.1) is 42.2 Å². The lowest BCUT2D eigenvalue weighted by molar-refractivity contribution is -0.119. The molecule has 0 saturated carbocycles. The largest absolute Gasteiger partial charge is 0.497 e. The Hall–Kier alpha value is -4.51. The molecule has 1 N–H and O–H groups in total. The van der Waals surface area contributed by atoms with Crippen LogP contribution in [0.5, 0.6) is 11.5 Å². The number of ether oxygens (including phenoxy) is 3. The molecule has 4 aromatic carbocycles. The summed E-state index contributed by atoms with van der Waals surface area (Å²) in [5, 5.41) is 2.71. The molecule has 200 valence electrons. The van der Waals surface area contributed by atoms with Gasteiger partial charge in [-0.2, -0.15) is 0 Å². The highest BCUT2D eigenvalue weighted by molar-refractivity contribution is 14.1. The van der Waals surface area contributed by atoms with E-state index in [2.05, 4.69) is 27.9 Å². The van der Waals surface area contributed by atoms with Crippen LogP contribution in [0.1, 0.15) is 10.4 Å². The maximum atomic E-state index is 12.8. The van der Waals surface area contributed by atoms with Gasteiger partial charge in [0, 0.05) is 20.4 Å². The summed E-state index contributed by atoms with van der Waals surface area (Å²) in [6.07, 6.45) is 0. The number of aromatic nitrogens is 2. The fourth-order valence-corrected chi connectivity index (χ4v) is 4.39. The maximum absolute atomic E-state index is 12.8. The van der Waals surface area contributed by atoms with Crippen molar-refractivity contribution in [1.82, 2.24) is 9.97 Å². The van der Waals surface area contributed by atoms with E-state index in [1.165, 1.54) is 0 Å². The van der Waals surface area contributed by atoms with Gasteiger partial charge in [-0.05, 0) is 114 Å². The number of halogens is 1. The Morgan fingerprint density at radius 2 is 1.27 bits per heavy atom. The van der Waals surface area contributed by atoms with Crippen molar-refractivity contribution in [3.8, 4) is 34.0 Å². The molecule has 0 aliphatic carbocycles. The van der Waals surface area contributed by atoms with Crippen LogP contribution in [0.15, 0.2) is 91.0 Å². The van der Waals surface area contributed by atoms with E-state index in [0.29, 0.717) is 28.1 Å². The number of nitrogens with one attached hydrogen (secondary N) is 1. The molecule has 40 heavy (non-hydrogen) atoms. The average molecular weight is 645 g/mol. The predicted molar refractivity (Wildman–Crippen MR) is 162 cm³/mol. The number of carbonyl (C=O) groups is 2. The van der Waals surface area contributed by atoms with E-state index in [-0.39, 0.29) is 5.56 Å². The van der Waals surface area contributed by atoms with Gasteiger partial charge in [-0.25, -0.2) is 14.8 Å². The zero-order valence-corrected chi connectivity index (χ0v) is 23.8. The van der Waals surface area contributed by atoms with Crippen LogP contribution < -0.4 is 14.8 Å². The zero-order valence-electron chi connectivity index (χ0n) is 21.7. The molecule has 0 fully saturated rings. The van der Waals surface area contributed by atoms with Crippen LogP contribution in [-0.2, 0) is 9.53 Å². The van der Waals surface area contributed by atoms with E-state index in [1.807, 2.05) is 60.7 Å². The van der Waals surface area contributed by atoms with Gasteiger partial charge in [0.2, 0.25) is 0 Å². The molecule has 0 aliphatic heterocycles. The smallest absolute Gasteiger partial charge is 0.338 e. The van der Waals surface area contributed by atoms with Crippen molar-refractivity contribution >= 4 is 51.2 Å². The SMILES string of the molecule is COc1ccc(-c2nc3ccc(C(=O)OCC(=O)Nc4ccc(I)cc4)cc3nc2-c2ccc(OC)cc2)cc1. The number of hydrogen-bond acceptors (Lipinski definition) is 7. The quantitative estimate of drug-likeness (QED) is 0.155. The number of anilines is 1. The Balaban J connectivity index is 1.43. The minimum atomic E-state index is -0.633. The van der Waals surface area contributed by atoms with E-state index in [1.54, 1.807) is 44.6 Å². The van der Waals surface area contributed by atoms with Crippen LogP contribution in [0.3, 0.4) is 0 Å². The third-order valence-electron chi connectivity index (χ3n) is 6.09. The highest BCUT2D eigenvalue weighted by Gasteiger charge is 2.17. The summed E-state index contributed by atoms with van der Waals surface area (Å²) in [4.78, 5) is 34.9. The maximum Gasteiger partial charge on any atom is 0.338 e. The van der Waals surface area contributed by atoms with Crippen LogP contribution >= 0.6 is 22.6 Å². The summed E-state index contributed by atoms with van der Waals surface area (Å²) in [5.41, 5.74) is 5.04. The van der Waals surface area contributed by atoms with Crippen LogP contribution in [0.2, 0.25) is 0 Å². The standard InChI is InChI=1S/C31H24IN3O5/c1-38-24-12-3-19(4-13-24)29-30(20-5-14-25(39-2)15-6-20)35-27-17-21(7-16-26(27)34-29)31(37)40-18-28(36)33-23-10-8-22(32)9-11-23/h3-17H,18H2,1-2H3,(H,33,36). The van der Waals surface area contributed by atoms with E-state index in [9.17, 15) is 9.59 Å². The van der Waals surface area contributed by atoms with Gasteiger partial charge in [-0.15, -0.1) is 0 Å². The topological polar surface area (TPSA) is 99.6 Å². The highest BCUT2D eigenvalue weighted by atomic mass is 127. The molecule has 5 aromatic rings. The van der Waals surface area contributed by atoms with Gasteiger partial charge in [0.15, 0.2) is 6.61 Å². The number of fused-ring (bicyclic) bond motifs is 1. The van der Waals surface area contributed by atoms with Gasteiger partial charge < -0.3 is 19.5 Å². The number of carbonyl (C=O) groups excluding carboxylic acids is 2. The van der Waals surface area contributed by atoms with E-state index >= 15 is 0 Å². The first-order valence-electron chi connectivity index (χ1n) is 12.3. The first kappa shape index (κ1) is 27.1. The molecule has 1 aromatic heterocycles. The van der Waals surface area contributed by atoms with Gasteiger partial charge in [0.25, 0.3) is 5.91 Å². The van der Waals surface area contributed by atoms with Crippen molar-refractivity contribution in [3.05, 3.63) is 100 Å². The average Bonchev–Trinajstić information content (AvgIpc) is 3.00. The van der Waals surface area contributed by atoms with Gasteiger partial charge in [-0.3, -0.25) is 4.79 Å². The first-order chi connectivity index (χ1) is 19.4. The molecule has 8 nitrogen and oxygen atoms in total. The van der Waals surface area contributed by atoms with Crippen LogP contribution in [0, 0.1) is 3.57 Å². The molecule has 0 saturated heterocycles. The summed E-state index contributed by atoms with van der Waals surface area (Å²) in [6.45, 7) is -0.415. The van der Waals surface area contributed by atoms with Crippen LogP contribution in [-0.4, -0.2) is 42.7 Å². The minimum absolute atomic E-state index is 0.266. The number of amides is 1. The highest BCUT2D eigenvalue weighted by Crippen LogP contribution is 2.33. The van der Waals surface area contributed by atoms with Crippen molar-refractivity contribution in [2.24, 2.45) is 0 Å². The molecular weight excluding hydrogens is 621 g/mol. The minimum Gasteiger partial charge on any atom is -0.497 e. The third-order valence-corrected chi connectivity index (χ3v) is 6.81. The Bertz CT molecular complexity index is 1670. The normalized spacial score (nSPS) is 10.7. The molecular formula is C31H24IN3O5. The Labute approximate surface area is 244 Å². The molecule has 9 heteroatoms. The Kier molecular flexibility index (Phi) is 8.20. The number of methoxy groups -OCH3 is 2. The lowest BCUT2D eigenvalue weighted by Crippen LogP contribution is -2.20. The summed E-state index contributed by atoms with van der Waals surface area (Å²) in [7, 11) is 3.23. The monoisotopic (exact) mass is 645 g/mol. The second-order valence-corrected chi connectivity index (χ2v) is 9.96. The van der Waals surface area contributed by atoms with Crippen molar-refractivity contribution in [2.75, 3.05) is 26.1 Å². The molecule has 1 amide bonds. The first-order valence-corrected chi connectivity index (χ1v) is 13.3. The second-order valence-electron chi connectivity index (χ2n) is 8.71. The van der Waals surface area contributed by atoms with Gasteiger partial charge in [0.1, 0.15) is 11.5 Å². The number of benzene rings is 4. The second kappa shape index (κ2) is 12.1. The van der Waals surface area contributed by atoms with Gasteiger partial charge >= 0.3 is 5.97 Å². The van der Waals surface area contributed by atoms with E-state index in [4.69, 9.17) is 24.2 Å². The van der Waals surface area contributed by atoms with Crippen molar-refractivity contribution in [2.45, 2.75) is 0 Å². The van der Waals surface area contributed by atoms with E-state index < -0.39 is 18.5 Å². The predicted octanol–water partition coefficient (Wildman–Crippen LogP) is 6.38. The molecule has 0 spiro atoms. The van der Waals surface area contributed by atoms with Crippen molar-refractivity contribution in [1.29, 1.82) is 0 Å². The zero-order chi connectivity index (χ0) is 28.1. The summed E-state index contributed by atoms with van der Waals surface area (Å²) in [5.74, 6) is 0.395. The number of rotatable bonds is 8. The van der Waals surface area contributed by atoms with Crippen molar-refractivity contribution in [3.63, 3.8) is 0 Å². The number of nitrogens with zero attached hydrogens (tertiary/aromatic N) is 2. The van der Waals surface area contributed by atoms with E-state index in [0.717, 1.165) is 26.2 Å². The van der Waals surface area contributed by atoms with Crippen molar-refractivity contribution < 1.29 is 23.8 Å². The van der Waals surface area contributed by atoms with Crippen LogP contribution in [0.4, 0.5) is 5.69 Å². The summed E-state index contributed by atoms with van der Waals surface area (Å²) in [6, 6.07) is 27.4. The Morgan fingerprint density at radius 3 is 1.82 bits per heavy atom. The molecule has 0 bridgehead atoms. The fourth-order valence-electron chi connectivity index (χ4n) is 4.03. The summed E-state index contributed by atoms with van der Waals surface area (Å²) >= 11 is 2.18. The Morgan fingerprint density at radius 1 is 0.725 bits per heavy atom. The third kappa shape index (κ3) is 6.20. The molecule has 5 rings (SSSR count). The lowest BCUT2D eigenvalue weighted by atomic mass is 10.0. The molecule has 0 radical (unpaired) electrons. The summed E-state index contributed by atoms with van der Waals surface area (Å²) < 4.78 is 16.9. The fraction of sp³-hybridized carbons (Fsp3) is 0.0968. The molecule has 1 heterocycles. The lowest BCUT2D eigenvalue weighted by Gasteiger charge is -2.12. The molecule has 0 aliphatic rings. The van der Waals surface area contributed by atoms with Crippen LogP contribution in [0.25, 0.3) is 33.5 Å². The van der Waals surface area contributed by atoms with Gasteiger partial charge in [-0.1, -0.05) is 0 Å². The molecule has 0 unspecified atom stereocenters. The number of esters is 1. The molecule has 0 atom stereocenters. The number of hydrogen-bond donors (Lipinski definition) is 1.